The Kier molecular flexibility index (Phi) is 3.81. The van der Waals surface area contributed by atoms with Gasteiger partial charge in [-0.15, -0.1) is 0 Å². The van der Waals surface area contributed by atoms with Gasteiger partial charge in [0.2, 0.25) is 0 Å². The Morgan fingerprint density at radius 3 is 1.44 bits per heavy atom. The van der Waals surface area contributed by atoms with E-state index in [9.17, 15) is 13.2 Å². The standard InChI is InChI=1S/CHF3O3S.Fe.H2/c2-1(3,4)8(5,6)7;;/h(H,5,6,7);;1H/p-1. The zero-order chi connectivity index (χ0) is 7.00. The second-order valence-electron chi connectivity index (χ2n) is 0.900. The fourth-order valence-corrected chi connectivity index (χ4v) is 0. The van der Waals surface area contributed by atoms with Crippen molar-refractivity contribution in [3.05, 3.63) is 0 Å². The van der Waals surface area contributed by atoms with Gasteiger partial charge in [0.05, 0.1) is 0 Å². The van der Waals surface area contributed by atoms with Crippen molar-refractivity contribution in [1.82, 2.24) is 0 Å². The van der Waals surface area contributed by atoms with E-state index in [-0.39, 0.29) is 18.5 Å². The van der Waals surface area contributed by atoms with Gasteiger partial charge in [-0.25, -0.2) is 8.42 Å². The molecule has 0 aromatic heterocycles. The first kappa shape index (κ1) is 12.0. The van der Waals surface area contributed by atoms with Gasteiger partial charge in [-0.2, -0.15) is 13.2 Å². The summed E-state index contributed by atoms with van der Waals surface area (Å²) in [4.78, 5) is 0. The fraction of sp³-hybridized carbons (Fsp3) is 1.00. The number of alkyl halides is 3. The van der Waals surface area contributed by atoms with Crippen molar-refractivity contribution < 1.29 is 44.6 Å². The predicted octanol–water partition coefficient (Wildman–Crippen LogP) is 0.295. The molecule has 0 rings (SSSR count). The summed E-state index contributed by atoms with van der Waals surface area (Å²) in [6, 6.07) is 0. The van der Waals surface area contributed by atoms with Crippen molar-refractivity contribution >= 4 is 10.1 Å². The van der Waals surface area contributed by atoms with E-state index >= 15 is 0 Å². The molecule has 0 atom stereocenters. The maximum atomic E-state index is 10.7. The van der Waals surface area contributed by atoms with Crippen LogP contribution >= 0.6 is 0 Å². The Labute approximate surface area is 60.9 Å². The molecule has 0 spiro atoms. The average Bonchev–Trinajstić information content (AvgIpc) is 1.25. The molecule has 0 unspecified atom stereocenters. The van der Waals surface area contributed by atoms with Gasteiger partial charge >= 0.3 is 5.51 Å². The summed E-state index contributed by atoms with van der Waals surface area (Å²) in [5.41, 5.74) is -5.65. The topological polar surface area (TPSA) is 57.2 Å². The Balaban J connectivity index is -0.000000245. The Morgan fingerprint density at radius 1 is 1.33 bits per heavy atom. The summed E-state index contributed by atoms with van der Waals surface area (Å²) in [5.74, 6) is 0. The molecule has 0 fully saturated rings. The molecular formula is CH2F3FeO3S-. The Morgan fingerprint density at radius 2 is 1.44 bits per heavy atom. The second-order valence-corrected chi connectivity index (χ2v) is 2.27. The van der Waals surface area contributed by atoms with Crippen LogP contribution in [0.3, 0.4) is 0 Å². The van der Waals surface area contributed by atoms with E-state index in [2.05, 4.69) is 0 Å². The summed E-state index contributed by atoms with van der Waals surface area (Å²) in [7, 11) is -6.09. The Hall–Kier alpha value is 0.219. The minimum atomic E-state index is -6.09. The average molecular weight is 207 g/mol. The van der Waals surface area contributed by atoms with Gasteiger partial charge in [-0.1, -0.05) is 0 Å². The number of hydrogen-bond acceptors (Lipinski definition) is 3. The third-order valence-corrected chi connectivity index (χ3v) is 0.850. The number of rotatable bonds is 0. The van der Waals surface area contributed by atoms with Crippen molar-refractivity contribution in [1.29, 1.82) is 0 Å². The quantitative estimate of drug-likeness (QED) is 0.326. The van der Waals surface area contributed by atoms with Crippen LogP contribution in [0.2, 0.25) is 0 Å². The molecule has 0 saturated carbocycles. The zero-order valence-corrected chi connectivity index (χ0v) is 5.54. The van der Waals surface area contributed by atoms with Crippen LogP contribution in [0.25, 0.3) is 0 Å². The van der Waals surface area contributed by atoms with E-state index in [0.29, 0.717) is 0 Å². The second kappa shape index (κ2) is 2.87. The third-order valence-electron chi connectivity index (χ3n) is 0.283. The van der Waals surface area contributed by atoms with Crippen LogP contribution < -0.4 is 0 Å². The molecule has 60 valence electrons. The summed E-state index contributed by atoms with van der Waals surface area (Å²) in [6.07, 6.45) is 0. The van der Waals surface area contributed by atoms with Crippen LogP contribution in [0.1, 0.15) is 1.43 Å². The van der Waals surface area contributed by atoms with Gasteiger partial charge in [0.25, 0.3) is 0 Å². The summed E-state index contributed by atoms with van der Waals surface area (Å²) >= 11 is 0. The van der Waals surface area contributed by atoms with Crippen LogP contribution in [0.4, 0.5) is 13.2 Å². The van der Waals surface area contributed by atoms with Gasteiger partial charge in [0.15, 0.2) is 10.1 Å². The SMILES string of the molecule is O=S(=O)([O-])C(F)(F)F.[Fe].[HH]. The normalized spacial score (nSPS) is 12.4. The molecule has 0 radical (unpaired) electrons. The first-order valence-corrected chi connectivity index (χ1v) is 2.68. The molecule has 9 heavy (non-hydrogen) atoms. The first-order valence-electron chi connectivity index (χ1n) is 1.27. The minimum absolute atomic E-state index is 0. The third kappa shape index (κ3) is 3.74. The van der Waals surface area contributed by atoms with E-state index in [1.807, 2.05) is 0 Å². The maximum Gasteiger partial charge on any atom is 0.485 e. The predicted molar refractivity (Wildman–Crippen MR) is 17.9 cm³/mol. The number of hydrogen-bond donors (Lipinski definition) is 0. The molecule has 0 amide bonds. The van der Waals surface area contributed by atoms with Gasteiger partial charge in [-0.3, -0.25) is 0 Å². The van der Waals surface area contributed by atoms with Crippen LogP contribution in [0, 0.1) is 0 Å². The molecule has 3 nitrogen and oxygen atoms in total. The summed E-state index contributed by atoms with van der Waals surface area (Å²) in [6.45, 7) is 0. The van der Waals surface area contributed by atoms with Crippen molar-refractivity contribution in [2.75, 3.05) is 0 Å². The van der Waals surface area contributed by atoms with Crippen LogP contribution in [-0.4, -0.2) is 18.5 Å². The van der Waals surface area contributed by atoms with Crippen molar-refractivity contribution in [3.8, 4) is 0 Å². The van der Waals surface area contributed by atoms with Crippen molar-refractivity contribution in [2.24, 2.45) is 0 Å². The molecule has 0 N–H and O–H groups in total. The van der Waals surface area contributed by atoms with Crippen LogP contribution in [-0.2, 0) is 27.2 Å². The van der Waals surface area contributed by atoms with E-state index in [1.54, 1.807) is 0 Å². The van der Waals surface area contributed by atoms with Crippen LogP contribution in [0.15, 0.2) is 0 Å². The molecule has 0 aliphatic carbocycles. The first-order chi connectivity index (χ1) is 3.25. The van der Waals surface area contributed by atoms with Crippen LogP contribution in [0.5, 0.6) is 0 Å². The van der Waals surface area contributed by atoms with Gasteiger partial charge in [0, 0.05) is 18.5 Å². The van der Waals surface area contributed by atoms with Crippen molar-refractivity contribution in [2.45, 2.75) is 5.51 Å². The monoisotopic (exact) mass is 207 g/mol. The van der Waals surface area contributed by atoms with E-state index in [1.165, 1.54) is 0 Å². The fourth-order valence-electron chi connectivity index (χ4n) is 0. The van der Waals surface area contributed by atoms with Crippen molar-refractivity contribution in [3.63, 3.8) is 0 Å². The molecular weight excluding hydrogens is 205 g/mol. The molecule has 0 saturated heterocycles. The maximum absolute atomic E-state index is 10.7. The molecule has 0 aromatic rings. The minimum Gasteiger partial charge on any atom is -0.741 e. The molecule has 8 heteroatoms. The number of halogens is 3. The molecule has 0 aliphatic heterocycles. The van der Waals surface area contributed by atoms with E-state index < -0.39 is 15.6 Å². The van der Waals surface area contributed by atoms with Gasteiger partial charge in [-0.05, 0) is 0 Å². The summed E-state index contributed by atoms with van der Waals surface area (Å²) < 4.78 is 58.9. The zero-order valence-electron chi connectivity index (χ0n) is 3.62. The molecule has 0 aromatic carbocycles. The summed E-state index contributed by atoms with van der Waals surface area (Å²) in [5, 5.41) is 0. The molecule has 0 aliphatic rings. The van der Waals surface area contributed by atoms with Gasteiger partial charge < -0.3 is 4.55 Å². The smallest absolute Gasteiger partial charge is 0.485 e. The molecule has 0 heterocycles. The largest absolute Gasteiger partial charge is 0.741 e. The Bertz CT molecular complexity index is 173. The van der Waals surface area contributed by atoms with Gasteiger partial charge in [0.1, 0.15) is 0 Å². The van der Waals surface area contributed by atoms with E-state index in [0.717, 1.165) is 0 Å². The van der Waals surface area contributed by atoms with E-state index in [4.69, 9.17) is 13.0 Å². The molecule has 0 bridgehead atoms.